The molecule has 0 spiro atoms. The van der Waals surface area contributed by atoms with Gasteiger partial charge in [-0.3, -0.25) is 4.79 Å². The van der Waals surface area contributed by atoms with Crippen molar-refractivity contribution in [3.8, 4) is 5.75 Å². The molecule has 164 valence electrons. The van der Waals surface area contributed by atoms with Crippen LogP contribution in [-0.4, -0.2) is 11.7 Å². The highest BCUT2D eigenvalue weighted by atomic mass is 16.5. The molecule has 1 heterocycles. The van der Waals surface area contributed by atoms with Crippen LogP contribution in [0.15, 0.2) is 108 Å². The van der Waals surface area contributed by atoms with Gasteiger partial charge in [0, 0.05) is 29.8 Å². The summed E-state index contributed by atoms with van der Waals surface area (Å²) in [5, 5.41) is 0. The van der Waals surface area contributed by atoms with Crippen LogP contribution in [0.3, 0.4) is 0 Å². The first kappa shape index (κ1) is 21.0. The van der Waals surface area contributed by atoms with Crippen LogP contribution in [0.5, 0.6) is 5.75 Å². The third-order valence-electron chi connectivity index (χ3n) is 6.44. The van der Waals surface area contributed by atoms with Gasteiger partial charge in [-0.25, -0.2) is 0 Å². The quantitative estimate of drug-likeness (QED) is 0.370. The van der Waals surface area contributed by atoms with Crippen molar-refractivity contribution in [3.05, 3.63) is 141 Å². The number of nitrogens with zero attached hydrogens (tertiary/aromatic N) is 1. The number of rotatable bonds is 6. The highest BCUT2D eigenvalue weighted by molar-refractivity contribution is 5.63. The maximum absolute atomic E-state index is 13.7. The summed E-state index contributed by atoms with van der Waals surface area (Å²) in [6, 6.07) is 30.7. The van der Waals surface area contributed by atoms with Gasteiger partial charge in [-0.1, -0.05) is 84.9 Å². The molecule has 4 aromatic rings. The molecule has 33 heavy (non-hydrogen) atoms. The lowest BCUT2D eigenvalue weighted by Gasteiger charge is -2.21. The molecule has 5 rings (SSSR count). The predicted molar refractivity (Wildman–Crippen MR) is 134 cm³/mol. The minimum absolute atomic E-state index is 0.0625. The first-order chi connectivity index (χ1) is 16.2. The van der Waals surface area contributed by atoms with Crippen LogP contribution in [-0.2, 0) is 13.0 Å². The molecule has 3 aromatic carbocycles. The fraction of sp³-hybridized carbons (Fsp3) is 0.167. The summed E-state index contributed by atoms with van der Waals surface area (Å²) < 4.78 is 7.38. The molecule has 0 N–H and O–H groups in total. The van der Waals surface area contributed by atoms with Gasteiger partial charge in [0.1, 0.15) is 5.75 Å². The number of ether oxygens (including phenoxy) is 1. The predicted octanol–water partition coefficient (Wildman–Crippen LogP) is 6.07. The smallest absolute Gasteiger partial charge is 0.254 e. The second kappa shape index (κ2) is 9.33. The summed E-state index contributed by atoms with van der Waals surface area (Å²) in [5.74, 6) is 0.841. The summed E-state index contributed by atoms with van der Waals surface area (Å²) in [4.78, 5) is 13.7. The van der Waals surface area contributed by atoms with Crippen LogP contribution < -0.4 is 10.3 Å². The van der Waals surface area contributed by atoms with Crippen molar-refractivity contribution in [2.24, 2.45) is 0 Å². The van der Waals surface area contributed by atoms with E-state index in [4.69, 9.17) is 4.74 Å². The van der Waals surface area contributed by atoms with E-state index in [0.717, 1.165) is 35.3 Å². The molecule has 0 unspecified atom stereocenters. The Hall–Kier alpha value is -3.85. The summed E-state index contributed by atoms with van der Waals surface area (Å²) in [5.41, 5.74) is 6.80. The standard InChI is InChI=1S/C30H27NO2/c1-33-28-16-8-14-25-20-22(17-18-26(25)28)21-31-19-9-15-27(30(31)32)29(23-10-4-2-5-11-23)24-12-6-3-7-13-24/h2-16,19-20,29H,17-18,21H2,1H3. The van der Waals surface area contributed by atoms with Crippen LogP contribution in [0.25, 0.3) is 6.08 Å². The van der Waals surface area contributed by atoms with Crippen molar-refractivity contribution in [2.45, 2.75) is 25.3 Å². The Morgan fingerprint density at radius 1 is 0.818 bits per heavy atom. The highest BCUT2D eigenvalue weighted by Crippen LogP contribution is 2.32. The molecular weight excluding hydrogens is 406 g/mol. The third kappa shape index (κ3) is 4.27. The van der Waals surface area contributed by atoms with Crippen molar-refractivity contribution in [1.82, 2.24) is 4.57 Å². The lowest BCUT2D eigenvalue weighted by atomic mass is 9.86. The van der Waals surface area contributed by atoms with Crippen molar-refractivity contribution in [2.75, 3.05) is 7.11 Å². The number of benzene rings is 3. The number of allylic oxidation sites excluding steroid dienone is 1. The van der Waals surface area contributed by atoms with Crippen molar-refractivity contribution >= 4 is 6.08 Å². The van der Waals surface area contributed by atoms with Gasteiger partial charge in [-0.15, -0.1) is 0 Å². The first-order valence-electron chi connectivity index (χ1n) is 11.4. The number of pyridine rings is 1. The molecule has 0 bridgehead atoms. The van der Waals surface area contributed by atoms with Crippen LogP contribution in [0.1, 0.15) is 40.2 Å². The van der Waals surface area contributed by atoms with E-state index in [1.165, 1.54) is 16.7 Å². The molecule has 1 aliphatic rings. The summed E-state index contributed by atoms with van der Waals surface area (Å²) in [6.45, 7) is 0.597. The second-order valence-electron chi connectivity index (χ2n) is 8.48. The van der Waals surface area contributed by atoms with Gasteiger partial charge in [0.05, 0.1) is 7.11 Å². The van der Waals surface area contributed by atoms with Gasteiger partial charge in [-0.05, 0) is 47.2 Å². The average Bonchev–Trinajstić information content (AvgIpc) is 2.87. The van der Waals surface area contributed by atoms with E-state index in [9.17, 15) is 4.79 Å². The Morgan fingerprint density at radius 2 is 1.52 bits per heavy atom. The lowest BCUT2D eigenvalue weighted by molar-refractivity contribution is 0.409. The largest absolute Gasteiger partial charge is 0.496 e. The number of fused-ring (bicyclic) bond motifs is 1. The Labute approximate surface area is 194 Å². The van der Waals surface area contributed by atoms with Crippen LogP contribution in [0.2, 0.25) is 0 Å². The molecule has 0 saturated carbocycles. The molecule has 0 amide bonds. The Kier molecular flexibility index (Phi) is 5.95. The molecule has 0 fully saturated rings. The normalized spacial score (nSPS) is 12.8. The zero-order valence-corrected chi connectivity index (χ0v) is 18.8. The number of aromatic nitrogens is 1. The van der Waals surface area contributed by atoms with E-state index in [2.05, 4.69) is 36.4 Å². The Balaban J connectivity index is 1.53. The molecular formula is C30H27NO2. The van der Waals surface area contributed by atoms with E-state index in [-0.39, 0.29) is 11.5 Å². The number of methoxy groups -OCH3 is 1. The monoisotopic (exact) mass is 433 g/mol. The number of hydrogen-bond acceptors (Lipinski definition) is 2. The van der Waals surface area contributed by atoms with Crippen molar-refractivity contribution < 1.29 is 4.74 Å². The van der Waals surface area contributed by atoms with E-state index >= 15 is 0 Å². The minimum atomic E-state index is -0.0994. The topological polar surface area (TPSA) is 31.2 Å². The van der Waals surface area contributed by atoms with E-state index in [0.29, 0.717) is 6.54 Å². The zero-order valence-electron chi connectivity index (χ0n) is 18.8. The molecule has 3 nitrogen and oxygen atoms in total. The molecule has 3 heteroatoms. The van der Waals surface area contributed by atoms with E-state index in [1.807, 2.05) is 71.4 Å². The van der Waals surface area contributed by atoms with E-state index < -0.39 is 0 Å². The van der Waals surface area contributed by atoms with Gasteiger partial charge in [0.15, 0.2) is 0 Å². The zero-order chi connectivity index (χ0) is 22.6. The van der Waals surface area contributed by atoms with Crippen molar-refractivity contribution in [1.29, 1.82) is 0 Å². The van der Waals surface area contributed by atoms with Gasteiger partial charge in [0.2, 0.25) is 0 Å². The summed E-state index contributed by atoms with van der Waals surface area (Å²) in [6.07, 6.45) is 5.97. The second-order valence-corrected chi connectivity index (χ2v) is 8.48. The SMILES string of the molecule is COc1cccc2c1CCC(Cn1cccc(C(c3ccccc3)c3ccccc3)c1=O)=C2. The van der Waals surface area contributed by atoms with Gasteiger partial charge >= 0.3 is 0 Å². The molecule has 1 aliphatic carbocycles. The maximum atomic E-state index is 13.7. The minimum Gasteiger partial charge on any atom is -0.496 e. The molecule has 0 atom stereocenters. The summed E-state index contributed by atoms with van der Waals surface area (Å²) in [7, 11) is 1.72. The van der Waals surface area contributed by atoms with Gasteiger partial charge in [-0.2, -0.15) is 0 Å². The molecule has 0 aliphatic heterocycles. The average molecular weight is 434 g/mol. The molecule has 0 saturated heterocycles. The Morgan fingerprint density at radius 3 is 2.18 bits per heavy atom. The van der Waals surface area contributed by atoms with Crippen LogP contribution in [0, 0.1) is 0 Å². The van der Waals surface area contributed by atoms with Crippen LogP contribution in [0.4, 0.5) is 0 Å². The van der Waals surface area contributed by atoms with Gasteiger partial charge < -0.3 is 9.30 Å². The van der Waals surface area contributed by atoms with Crippen LogP contribution >= 0.6 is 0 Å². The van der Waals surface area contributed by atoms with Gasteiger partial charge in [0.25, 0.3) is 5.56 Å². The lowest BCUT2D eigenvalue weighted by Crippen LogP contribution is -2.26. The highest BCUT2D eigenvalue weighted by Gasteiger charge is 2.21. The molecule has 1 aromatic heterocycles. The fourth-order valence-corrected chi connectivity index (χ4v) is 4.84. The van der Waals surface area contributed by atoms with E-state index in [1.54, 1.807) is 7.11 Å². The third-order valence-corrected chi connectivity index (χ3v) is 6.44. The molecule has 0 radical (unpaired) electrons. The first-order valence-corrected chi connectivity index (χ1v) is 11.4. The number of hydrogen-bond donors (Lipinski definition) is 0. The van der Waals surface area contributed by atoms with Crippen molar-refractivity contribution in [3.63, 3.8) is 0 Å². The summed E-state index contributed by atoms with van der Waals surface area (Å²) >= 11 is 0. The fourth-order valence-electron chi connectivity index (χ4n) is 4.84. The Bertz CT molecular complexity index is 1300. The maximum Gasteiger partial charge on any atom is 0.254 e.